The molecule has 0 saturated carbocycles. The predicted octanol–water partition coefficient (Wildman–Crippen LogP) is 1.87. The molecule has 0 aliphatic carbocycles. The Morgan fingerprint density at radius 1 is 1.21 bits per heavy atom. The van der Waals surface area contributed by atoms with Crippen molar-refractivity contribution in [1.29, 1.82) is 0 Å². The summed E-state index contributed by atoms with van der Waals surface area (Å²) >= 11 is 0. The van der Waals surface area contributed by atoms with Gasteiger partial charge in [0, 0.05) is 37.8 Å². The summed E-state index contributed by atoms with van der Waals surface area (Å²) in [4.78, 5) is 29.0. The second kappa shape index (κ2) is 6.93. The number of anilines is 1. The van der Waals surface area contributed by atoms with Gasteiger partial charge in [-0.15, -0.1) is 0 Å². The van der Waals surface area contributed by atoms with E-state index in [0.29, 0.717) is 19.0 Å². The largest absolute Gasteiger partial charge is 0.342 e. The van der Waals surface area contributed by atoms with E-state index >= 15 is 0 Å². The quantitative estimate of drug-likeness (QED) is 0.921. The van der Waals surface area contributed by atoms with E-state index in [-0.39, 0.29) is 17.7 Å². The summed E-state index contributed by atoms with van der Waals surface area (Å²) in [5.74, 6) is 0.00131. The zero-order valence-corrected chi connectivity index (χ0v) is 14.8. The lowest BCUT2D eigenvalue weighted by Gasteiger charge is -2.33. The van der Waals surface area contributed by atoms with Gasteiger partial charge in [0.1, 0.15) is 0 Å². The molecule has 5 heteroatoms. The molecular weight excluding hydrogens is 302 g/mol. The highest BCUT2D eigenvalue weighted by molar-refractivity contribution is 6.00. The molecule has 2 amide bonds. The Hall–Kier alpha value is -1.88. The van der Waals surface area contributed by atoms with Crippen LogP contribution in [-0.4, -0.2) is 49.4 Å². The van der Waals surface area contributed by atoms with E-state index in [1.165, 1.54) is 5.56 Å². The molecule has 2 saturated heterocycles. The monoisotopic (exact) mass is 329 g/mol. The number of hydrogen-bond donors (Lipinski definition) is 1. The van der Waals surface area contributed by atoms with Gasteiger partial charge in [0.05, 0.1) is 5.92 Å². The highest BCUT2D eigenvalue weighted by atomic mass is 16.2. The SMILES string of the molecule is CNC1CCN(C(=O)C2CC(=O)N(c3cccc(C)c3C)C2)CC1. The average molecular weight is 329 g/mol. The van der Waals surface area contributed by atoms with E-state index < -0.39 is 0 Å². The van der Waals surface area contributed by atoms with Crippen LogP contribution in [0, 0.1) is 19.8 Å². The van der Waals surface area contributed by atoms with E-state index in [0.717, 1.165) is 37.2 Å². The molecule has 1 N–H and O–H groups in total. The lowest BCUT2D eigenvalue weighted by molar-refractivity contribution is -0.136. The number of rotatable bonds is 3. The van der Waals surface area contributed by atoms with Crippen molar-refractivity contribution in [1.82, 2.24) is 10.2 Å². The normalized spacial score (nSPS) is 22.3. The van der Waals surface area contributed by atoms with Gasteiger partial charge in [0.15, 0.2) is 0 Å². The molecule has 0 aromatic heterocycles. The van der Waals surface area contributed by atoms with Gasteiger partial charge in [-0.3, -0.25) is 9.59 Å². The Labute approximate surface area is 144 Å². The molecule has 1 atom stereocenters. The van der Waals surface area contributed by atoms with Crippen LogP contribution < -0.4 is 10.2 Å². The second-order valence-corrected chi connectivity index (χ2v) is 7.01. The Morgan fingerprint density at radius 3 is 2.58 bits per heavy atom. The molecule has 130 valence electrons. The minimum Gasteiger partial charge on any atom is -0.342 e. The molecule has 2 heterocycles. The third-order valence-corrected chi connectivity index (χ3v) is 5.56. The zero-order chi connectivity index (χ0) is 17.3. The molecule has 3 rings (SSSR count). The maximum absolute atomic E-state index is 12.8. The van der Waals surface area contributed by atoms with Gasteiger partial charge < -0.3 is 15.1 Å². The number of benzene rings is 1. The fraction of sp³-hybridized carbons (Fsp3) is 0.579. The van der Waals surface area contributed by atoms with Crippen molar-refractivity contribution in [2.75, 3.05) is 31.6 Å². The van der Waals surface area contributed by atoms with E-state index in [2.05, 4.69) is 5.32 Å². The molecule has 2 fully saturated rings. The van der Waals surface area contributed by atoms with Crippen molar-refractivity contribution in [2.45, 2.75) is 39.2 Å². The number of amides is 2. The summed E-state index contributed by atoms with van der Waals surface area (Å²) in [7, 11) is 1.97. The number of carbonyl (C=O) groups is 2. The number of nitrogens with zero attached hydrogens (tertiary/aromatic N) is 2. The van der Waals surface area contributed by atoms with Gasteiger partial charge >= 0.3 is 0 Å². The molecule has 2 aliphatic heterocycles. The fourth-order valence-corrected chi connectivity index (χ4v) is 3.78. The van der Waals surface area contributed by atoms with Crippen LogP contribution in [0.25, 0.3) is 0 Å². The standard InChI is InChI=1S/C19H27N3O2/c1-13-5-4-6-17(14(13)2)22-12-15(11-18(22)23)19(24)21-9-7-16(20-3)8-10-21/h4-6,15-16,20H,7-12H2,1-3H3. The first-order valence-electron chi connectivity index (χ1n) is 8.84. The van der Waals surface area contributed by atoms with Gasteiger partial charge in [-0.05, 0) is 50.9 Å². The number of likely N-dealkylation sites (tertiary alicyclic amines) is 1. The van der Waals surface area contributed by atoms with Gasteiger partial charge in [-0.1, -0.05) is 12.1 Å². The Morgan fingerprint density at radius 2 is 1.92 bits per heavy atom. The lowest BCUT2D eigenvalue weighted by atomic mass is 10.0. The first-order valence-corrected chi connectivity index (χ1v) is 8.84. The highest BCUT2D eigenvalue weighted by Crippen LogP contribution is 2.30. The smallest absolute Gasteiger partial charge is 0.228 e. The van der Waals surface area contributed by atoms with Crippen LogP contribution in [0.1, 0.15) is 30.4 Å². The van der Waals surface area contributed by atoms with Crippen LogP contribution >= 0.6 is 0 Å². The minimum atomic E-state index is -0.205. The third kappa shape index (κ3) is 3.18. The number of aryl methyl sites for hydroxylation is 1. The van der Waals surface area contributed by atoms with Crippen LogP contribution in [0.5, 0.6) is 0 Å². The van der Waals surface area contributed by atoms with Crippen LogP contribution in [0.3, 0.4) is 0 Å². The summed E-state index contributed by atoms with van der Waals surface area (Å²) in [6.45, 7) is 6.18. The summed E-state index contributed by atoms with van der Waals surface area (Å²) in [6.07, 6.45) is 2.31. The number of piperidine rings is 1. The predicted molar refractivity (Wildman–Crippen MR) is 95.0 cm³/mol. The van der Waals surface area contributed by atoms with E-state index in [1.54, 1.807) is 4.90 Å². The zero-order valence-electron chi connectivity index (χ0n) is 14.8. The molecule has 1 aromatic rings. The Bertz CT molecular complexity index is 635. The van der Waals surface area contributed by atoms with E-state index in [1.807, 2.05) is 44.0 Å². The minimum absolute atomic E-state index is 0.0622. The molecule has 0 spiro atoms. The molecule has 24 heavy (non-hydrogen) atoms. The molecule has 5 nitrogen and oxygen atoms in total. The van der Waals surface area contributed by atoms with Gasteiger partial charge in [-0.25, -0.2) is 0 Å². The van der Waals surface area contributed by atoms with Crippen molar-refractivity contribution < 1.29 is 9.59 Å². The van der Waals surface area contributed by atoms with Crippen LogP contribution in [0.15, 0.2) is 18.2 Å². The first kappa shape index (κ1) is 17.0. The van der Waals surface area contributed by atoms with Crippen molar-refractivity contribution in [3.63, 3.8) is 0 Å². The van der Waals surface area contributed by atoms with Crippen molar-refractivity contribution in [3.8, 4) is 0 Å². The Kier molecular flexibility index (Phi) is 4.90. The van der Waals surface area contributed by atoms with Crippen molar-refractivity contribution >= 4 is 17.5 Å². The van der Waals surface area contributed by atoms with Crippen LogP contribution in [0.2, 0.25) is 0 Å². The maximum Gasteiger partial charge on any atom is 0.228 e. The van der Waals surface area contributed by atoms with Crippen LogP contribution in [-0.2, 0) is 9.59 Å². The Balaban J connectivity index is 1.68. The summed E-state index contributed by atoms with van der Waals surface area (Å²) in [6, 6.07) is 6.51. The summed E-state index contributed by atoms with van der Waals surface area (Å²) < 4.78 is 0. The molecular formula is C19H27N3O2. The lowest BCUT2D eigenvalue weighted by Crippen LogP contribution is -2.46. The summed E-state index contributed by atoms with van der Waals surface area (Å²) in [5, 5.41) is 3.28. The second-order valence-electron chi connectivity index (χ2n) is 7.01. The van der Waals surface area contributed by atoms with Gasteiger partial charge in [0.25, 0.3) is 0 Å². The van der Waals surface area contributed by atoms with Crippen LogP contribution in [0.4, 0.5) is 5.69 Å². The highest BCUT2D eigenvalue weighted by Gasteiger charge is 2.38. The number of nitrogens with one attached hydrogen (secondary N) is 1. The summed E-state index contributed by atoms with van der Waals surface area (Å²) in [5.41, 5.74) is 3.24. The third-order valence-electron chi connectivity index (χ3n) is 5.56. The molecule has 2 aliphatic rings. The molecule has 1 aromatic carbocycles. The van der Waals surface area contributed by atoms with E-state index in [4.69, 9.17) is 0 Å². The molecule has 0 bridgehead atoms. The van der Waals surface area contributed by atoms with Crippen molar-refractivity contribution in [3.05, 3.63) is 29.3 Å². The van der Waals surface area contributed by atoms with E-state index in [9.17, 15) is 9.59 Å². The topological polar surface area (TPSA) is 52.7 Å². The van der Waals surface area contributed by atoms with Crippen molar-refractivity contribution in [2.24, 2.45) is 5.92 Å². The molecule has 1 unspecified atom stereocenters. The number of carbonyl (C=O) groups excluding carboxylic acids is 2. The maximum atomic E-state index is 12.8. The van der Waals surface area contributed by atoms with Gasteiger partial charge in [0.2, 0.25) is 11.8 Å². The average Bonchev–Trinajstić information content (AvgIpc) is 2.98. The number of hydrogen-bond acceptors (Lipinski definition) is 3. The fourth-order valence-electron chi connectivity index (χ4n) is 3.78. The van der Waals surface area contributed by atoms with Gasteiger partial charge in [-0.2, -0.15) is 0 Å². The first-order chi connectivity index (χ1) is 11.5. The molecule has 0 radical (unpaired) electrons.